The van der Waals surface area contributed by atoms with Crippen molar-refractivity contribution in [3.8, 4) is 11.1 Å². The van der Waals surface area contributed by atoms with Crippen molar-refractivity contribution >= 4 is 18.0 Å². The number of hydrogen-bond donors (Lipinski definition) is 3. The lowest BCUT2D eigenvalue weighted by molar-refractivity contribution is -0.145. The van der Waals surface area contributed by atoms with E-state index in [1.165, 1.54) is 0 Å². The van der Waals surface area contributed by atoms with Gasteiger partial charge in [0.2, 0.25) is 0 Å². The minimum atomic E-state index is -3.94. The first-order chi connectivity index (χ1) is 16.3. The highest BCUT2D eigenvalue weighted by Crippen LogP contribution is 2.44. The second kappa shape index (κ2) is 9.30. The molecule has 0 saturated carbocycles. The van der Waals surface area contributed by atoms with E-state index in [1.807, 2.05) is 59.2 Å². The summed E-state index contributed by atoms with van der Waals surface area (Å²) in [5, 5.41) is 15.8. The molecule has 1 aromatic heterocycles. The van der Waals surface area contributed by atoms with Crippen molar-refractivity contribution in [1.82, 2.24) is 15.8 Å². The van der Waals surface area contributed by atoms with Gasteiger partial charge in [0.25, 0.3) is 5.91 Å². The smallest absolute Gasteiger partial charge is 0.407 e. The van der Waals surface area contributed by atoms with Gasteiger partial charge in [-0.1, -0.05) is 53.7 Å². The Bertz CT molecular complexity index is 1200. The largest absolute Gasteiger partial charge is 0.476 e. The van der Waals surface area contributed by atoms with Gasteiger partial charge >= 0.3 is 18.0 Å². The number of aromatic carboxylic acids is 1. The normalized spacial score (nSPS) is 12.5. The molecule has 0 spiro atoms. The third kappa shape index (κ3) is 4.72. The molecule has 0 saturated heterocycles. The lowest BCUT2D eigenvalue weighted by Crippen LogP contribution is -2.48. The standard InChI is InChI=1S/C23H19F2N3O6/c24-23(25,21(31)26-10-13-9-19(20(29)30)28-34-13)12-27-22(32)33-11-18-16-7-3-1-5-14(16)15-6-2-4-8-17(15)18/h1-9,18H,10-12H2,(H,26,31)(H,27,32)(H,29,30). The predicted octanol–water partition coefficient (Wildman–Crippen LogP) is 3.16. The number of carboxylic acids is 1. The van der Waals surface area contributed by atoms with Crippen molar-refractivity contribution in [2.24, 2.45) is 0 Å². The van der Waals surface area contributed by atoms with Crippen LogP contribution in [0.25, 0.3) is 11.1 Å². The molecule has 1 aliphatic rings. The van der Waals surface area contributed by atoms with E-state index in [0.717, 1.165) is 28.3 Å². The Morgan fingerprint density at radius 1 is 1.03 bits per heavy atom. The van der Waals surface area contributed by atoms with Gasteiger partial charge in [0.15, 0.2) is 11.5 Å². The molecule has 0 bridgehead atoms. The number of carboxylic acid groups (broad SMARTS) is 1. The van der Waals surface area contributed by atoms with Gasteiger partial charge in [-0.25, -0.2) is 9.59 Å². The van der Waals surface area contributed by atoms with E-state index in [1.54, 1.807) is 0 Å². The summed E-state index contributed by atoms with van der Waals surface area (Å²) < 4.78 is 38.1. The van der Waals surface area contributed by atoms with E-state index in [4.69, 9.17) is 9.84 Å². The third-order valence-electron chi connectivity index (χ3n) is 5.33. The SMILES string of the molecule is O=C(NCC(F)(F)C(=O)NCc1cc(C(=O)O)no1)OCC1c2ccccc2-c2ccccc21. The molecule has 0 atom stereocenters. The minimum absolute atomic E-state index is 0.0605. The van der Waals surface area contributed by atoms with Crippen LogP contribution >= 0.6 is 0 Å². The number of fused-ring (bicyclic) bond motifs is 3. The minimum Gasteiger partial charge on any atom is -0.476 e. The van der Waals surface area contributed by atoms with E-state index < -0.39 is 42.7 Å². The van der Waals surface area contributed by atoms with Crippen LogP contribution in [0.5, 0.6) is 0 Å². The van der Waals surface area contributed by atoms with Gasteiger partial charge in [-0.15, -0.1) is 0 Å². The van der Waals surface area contributed by atoms with Crippen LogP contribution in [0.3, 0.4) is 0 Å². The number of carbonyl (C=O) groups excluding carboxylic acids is 2. The number of benzene rings is 2. The molecule has 0 unspecified atom stereocenters. The van der Waals surface area contributed by atoms with Crippen LogP contribution in [0.4, 0.5) is 13.6 Å². The van der Waals surface area contributed by atoms with Crippen molar-refractivity contribution in [2.45, 2.75) is 18.4 Å². The van der Waals surface area contributed by atoms with Crippen LogP contribution in [0.2, 0.25) is 0 Å². The molecule has 4 rings (SSSR count). The van der Waals surface area contributed by atoms with Crippen LogP contribution in [0.15, 0.2) is 59.1 Å². The average Bonchev–Trinajstić information content (AvgIpc) is 3.43. The lowest BCUT2D eigenvalue weighted by atomic mass is 9.98. The zero-order valence-corrected chi connectivity index (χ0v) is 17.6. The zero-order valence-electron chi connectivity index (χ0n) is 17.6. The molecule has 3 N–H and O–H groups in total. The Kier molecular flexibility index (Phi) is 6.26. The molecule has 11 heteroatoms. The van der Waals surface area contributed by atoms with E-state index in [-0.39, 0.29) is 18.3 Å². The molecule has 1 heterocycles. The number of alkyl halides is 2. The highest BCUT2D eigenvalue weighted by atomic mass is 19.3. The van der Waals surface area contributed by atoms with Crippen LogP contribution < -0.4 is 10.6 Å². The molecule has 0 fully saturated rings. The van der Waals surface area contributed by atoms with Gasteiger partial charge in [0.1, 0.15) is 6.61 Å². The van der Waals surface area contributed by atoms with Crippen LogP contribution in [0.1, 0.15) is 33.3 Å². The molecule has 9 nitrogen and oxygen atoms in total. The molecule has 2 amide bonds. The van der Waals surface area contributed by atoms with Gasteiger partial charge in [-0.3, -0.25) is 4.79 Å². The van der Waals surface area contributed by atoms with Gasteiger partial charge in [0, 0.05) is 12.0 Å². The Morgan fingerprint density at radius 2 is 1.65 bits per heavy atom. The van der Waals surface area contributed by atoms with Gasteiger partial charge in [-0.2, -0.15) is 8.78 Å². The van der Waals surface area contributed by atoms with Crippen LogP contribution in [-0.2, 0) is 16.1 Å². The zero-order chi connectivity index (χ0) is 24.3. The predicted molar refractivity (Wildman–Crippen MR) is 113 cm³/mol. The highest BCUT2D eigenvalue weighted by molar-refractivity contribution is 5.86. The number of carbonyl (C=O) groups is 3. The quantitative estimate of drug-likeness (QED) is 0.460. The van der Waals surface area contributed by atoms with Crippen LogP contribution in [-0.4, -0.2) is 47.3 Å². The lowest BCUT2D eigenvalue weighted by Gasteiger charge is -2.17. The molecule has 1 aliphatic carbocycles. The van der Waals surface area contributed by atoms with E-state index in [0.29, 0.717) is 0 Å². The first-order valence-electron chi connectivity index (χ1n) is 10.2. The fourth-order valence-corrected chi connectivity index (χ4v) is 3.71. The van der Waals surface area contributed by atoms with Gasteiger partial charge in [-0.05, 0) is 22.3 Å². The van der Waals surface area contributed by atoms with E-state index >= 15 is 0 Å². The first kappa shape index (κ1) is 22.9. The first-order valence-corrected chi connectivity index (χ1v) is 10.2. The maximum atomic E-state index is 14.1. The molecule has 176 valence electrons. The van der Waals surface area contributed by atoms with Gasteiger partial charge in [0.05, 0.1) is 13.1 Å². The second-order valence-corrected chi connectivity index (χ2v) is 7.55. The summed E-state index contributed by atoms with van der Waals surface area (Å²) in [7, 11) is 0. The number of rotatable bonds is 8. The Hall–Kier alpha value is -4.28. The molecule has 0 aliphatic heterocycles. The van der Waals surface area contributed by atoms with Crippen LogP contribution in [0, 0.1) is 0 Å². The topological polar surface area (TPSA) is 131 Å². The number of aromatic nitrogens is 1. The number of nitrogens with zero attached hydrogens (tertiary/aromatic N) is 1. The summed E-state index contributed by atoms with van der Waals surface area (Å²) in [5.41, 5.74) is 3.57. The second-order valence-electron chi connectivity index (χ2n) is 7.55. The van der Waals surface area contributed by atoms with Crippen molar-refractivity contribution in [2.75, 3.05) is 13.2 Å². The van der Waals surface area contributed by atoms with Gasteiger partial charge < -0.3 is 25.0 Å². The summed E-state index contributed by atoms with van der Waals surface area (Å²) in [6, 6.07) is 16.3. The number of halogens is 2. The number of amides is 2. The van der Waals surface area contributed by atoms with Crippen molar-refractivity contribution < 1.29 is 37.5 Å². The molecule has 0 radical (unpaired) electrons. The number of nitrogens with one attached hydrogen (secondary N) is 2. The maximum Gasteiger partial charge on any atom is 0.407 e. The summed E-state index contributed by atoms with van der Waals surface area (Å²) in [4.78, 5) is 34.6. The highest BCUT2D eigenvalue weighted by Gasteiger charge is 2.39. The number of hydrogen-bond acceptors (Lipinski definition) is 6. The van der Waals surface area contributed by atoms with Crippen molar-refractivity contribution in [1.29, 1.82) is 0 Å². The molecule has 2 aromatic carbocycles. The van der Waals surface area contributed by atoms with E-state index in [2.05, 4.69) is 9.68 Å². The molecule has 34 heavy (non-hydrogen) atoms. The van der Waals surface area contributed by atoms with Crippen molar-refractivity contribution in [3.05, 3.63) is 77.2 Å². The molecule has 3 aromatic rings. The monoisotopic (exact) mass is 471 g/mol. The average molecular weight is 471 g/mol. The summed E-state index contributed by atoms with van der Waals surface area (Å²) in [5.74, 6) is -7.34. The summed E-state index contributed by atoms with van der Waals surface area (Å²) in [6.07, 6.45) is -1.09. The molecular weight excluding hydrogens is 452 g/mol. The third-order valence-corrected chi connectivity index (χ3v) is 5.33. The Labute approximate surface area is 191 Å². The fraction of sp³-hybridized carbons (Fsp3) is 0.217. The van der Waals surface area contributed by atoms with Crippen molar-refractivity contribution in [3.63, 3.8) is 0 Å². The maximum absolute atomic E-state index is 14.1. The summed E-state index contributed by atoms with van der Waals surface area (Å²) >= 11 is 0. The number of alkyl carbamates (subject to hydrolysis) is 1. The Morgan fingerprint density at radius 3 is 2.24 bits per heavy atom. The molecular formula is C23H19F2N3O6. The van der Waals surface area contributed by atoms with E-state index in [9.17, 15) is 23.2 Å². The fourth-order valence-electron chi connectivity index (χ4n) is 3.71. The summed E-state index contributed by atoms with van der Waals surface area (Å²) in [6.45, 7) is -1.85. The number of ether oxygens (including phenoxy) is 1. The Balaban J connectivity index is 1.28.